The molecule has 0 saturated heterocycles. The van der Waals surface area contributed by atoms with Crippen molar-refractivity contribution in [3.63, 3.8) is 0 Å². The van der Waals surface area contributed by atoms with Crippen LogP contribution in [0.5, 0.6) is 0 Å². The van der Waals surface area contributed by atoms with Crippen LogP contribution in [0.2, 0.25) is 0 Å². The Kier molecular flexibility index (Phi) is 6.36. The lowest BCUT2D eigenvalue weighted by molar-refractivity contribution is -0.116. The Hall–Kier alpha value is -1.55. The highest BCUT2D eigenvalue weighted by atomic mass is 16.1. The third-order valence-electron chi connectivity index (χ3n) is 2.80. The van der Waals surface area contributed by atoms with Crippen molar-refractivity contribution in [1.82, 2.24) is 5.32 Å². The minimum absolute atomic E-state index is 0.0724. The summed E-state index contributed by atoms with van der Waals surface area (Å²) in [7, 11) is 3.99. The molecule has 0 fully saturated rings. The van der Waals surface area contributed by atoms with Gasteiger partial charge in [-0.1, -0.05) is 13.8 Å². The molecule has 0 aliphatic carbocycles. The molecule has 1 rings (SSSR count). The molecule has 106 valence electrons. The van der Waals surface area contributed by atoms with Crippen LogP contribution >= 0.6 is 0 Å². The third-order valence-corrected chi connectivity index (χ3v) is 2.80. The van der Waals surface area contributed by atoms with E-state index in [9.17, 15) is 4.79 Å². The van der Waals surface area contributed by atoms with Crippen molar-refractivity contribution >= 4 is 17.3 Å². The average molecular weight is 263 g/mol. The van der Waals surface area contributed by atoms with Crippen molar-refractivity contribution in [1.29, 1.82) is 0 Å². The van der Waals surface area contributed by atoms with Gasteiger partial charge in [-0.2, -0.15) is 0 Å². The lowest BCUT2D eigenvalue weighted by atomic mass is 10.2. The molecule has 0 aliphatic rings. The second-order valence-electron chi connectivity index (χ2n) is 5.20. The van der Waals surface area contributed by atoms with Crippen molar-refractivity contribution in [2.75, 3.05) is 30.9 Å². The van der Waals surface area contributed by atoms with Gasteiger partial charge in [-0.25, -0.2) is 0 Å². The first-order chi connectivity index (χ1) is 8.99. The predicted octanol–water partition coefficient (Wildman–Crippen LogP) is 2.47. The van der Waals surface area contributed by atoms with E-state index in [1.165, 1.54) is 0 Å². The van der Waals surface area contributed by atoms with Gasteiger partial charge >= 0.3 is 0 Å². The van der Waals surface area contributed by atoms with Gasteiger partial charge < -0.3 is 15.5 Å². The number of nitrogens with zero attached hydrogens (tertiary/aromatic N) is 1. The number of amides is 1. The first-order valence-corrected chi connectivity index (χ1v) is 6.79. The highest BCUT2D eigenvalue weighted by molar-refractivity contribution is 5.90. The fraction of sp³-hybridized carbons (Fsp3) is 0.533. The fourth-order valence-corrected chi connectivity index (χ4v) is 1.71. The molecule has 0 unspecified atom stereocenters. The molecule has 19 heavy (non-hydrogen) atoms. The minimum Gasteiger partial charge on any atom is -0.378 e. The Morgan fingerprint density at radius 1 is 1.21 bits per heavy atom. The highest BCUT2D eigenvalue weighted by Gasteiger charge is 2.03. The van der Waals surface area contributed by atoms with Crippen LogP contribution in [0.15, 0.2) is 24.3 Å². The van der Waals surface area contributed by atoms with Gasteiger partial charge in [-0.15, -0.1) is 0 Å². The number of carbonyl (C=O) groups excluding carboxylic acids is 1. The van der Waals surface area contributed by atoms with E-state index in [1.807, 2.05) is 43.3 Å². The summed E-state index contributed by atoms with van der Waals surface area (Å²) < 4.78 is 0. The van der Waals surface area contributed by atoms with Gasteiger partial charge in [0.25, 0.3) is 0 Å². The zero-order valence-electron chi connectivity index (χ0n) is 12.4. The quantitative estimate of drug-likeness (QED) is 0.743. The smallest absolute Gasteiger partial charge is 0.224 e. The van der Waals surface area contributed by atoms with Gasteiger partial charge in [-0.3, -0.25) is 4.79 Å². The maximum atomic E-state index is 11.7. The number of rotatable bonds is 7. The van der Waals surface area contributed by atoms with Gasteiger partial charge in [0, 0.05) is 37.9 Å². The zero-order chi connectivity index (χ0) is 14.3. The van der Waals surface area contributed by atoms with E-state index >= 15 is 0 Å². The van der Waals surface area contributed by atoms with Crippen LogP contribution < -0.4 is 15.5 Å². The SMILES string of the molecule is CC(C)NCCCC(=O)Nc1ccc(N(C)C)cc1. The monoisotopic (exact) mass is 263 g/mol. The molecule has 1 aromatic carbocycles. The molecule has 0 heterocycles. The molecular formula is C15H25N3O. The lowest BCUT2D eigenvalue weighted by Crippen LogP contribution is -2.24. The largest absolute Gasteiger partial charge is 0.378 e. The maximum absolute atomic E-state index is 11.7. The molecule has 0 spiro atoms. The number of carbonyl (C=O) groups is 1. The van der Waals surface area contributed by atoms with Gasteiger partial charge in [0.2, 0.25) is 5.91 Å². The van der Waals surface area contributed by atoms with E-state index in [4.69, 9.17) is 0 Å². The standard InChI is InChI=1S/C15H25N3O/c1-12(2)16-11-5-6-15(19)17-13-7-9-14(10-8-13)18(3)4/h7-10,12,16H,5-6,11H2,1-4H3,(H,17,19). The first-order valence-electron chi connectivity index (χ1n) is 6.79. The van der Waals surface area contributed by atoms with E-state index in [1.54, 1.807) is 0 Å². The molecule has 0 aliphatic heterocycles. The summed E-state index contributed by atoms with van der Waals surface area (Å²) in [5.41, 5.74) is 1.98. The topological polar surface area (TPSA) is 44.4 Å². The Bertz CT molecular complexity index is 385. The summed E-state index contributed by atoms with van der Waals surface area (Å²) in [6, 6.07) is 8.33. The third kappa shape index (κ3) is 6.25. The summed E-state index contributed by atoms with van der Waals surface area (Å²) >= 11 is 0. The average Bonchev–Trinajstić information content (AvgIpc) is 2.35. The number of anilines is 2. The Labute approximate surface area is 116 Å². The maximum Gasteiger partial charge on any atom is 0.224 e. The van der Waals surface area contributed by atoms with Crippen LogP contribution in [0, 0.1) is 0 Å². The molecule has 2 N–H and O–H groups in total. The fourth-order valence-electron chi connectivity index (χ4n) is 1.71. The van der Waals surface area contributed by atoms with Gasteiger partial charge in [-0.05, 0) is 37.2 Å². The van der Waals surface area contributed by atoms with Crippen LogP contribution in [0.25, 0.3) is 0 Å². The Balaban J connectivity index is 2.32. The molecule has 0 radical (unpaired) electrons. The van der Waals surface area contributed by atoms with E-state index < -0.39 is 0 Å². The highest BCUT2D eigenvalue weighted by Crippen LogP contribution is 2.15. The van der Waals surface area contributed by atoms with E-state index in [0.29, 0.717) is 12.5 Å². The van der Waals surface area contributed by atoms with Crippen LogP contribution in [-0.2, 0) is 4.79 Å². The van der Waals surface area contributed by atoms with Crippen molar-refractivity contribution in [3.05, 3.63) is 24.3 Å². The summed E-state index contributed by atoms with van der Waals surface area (Å²) in [4.78, 5) is 13.8. The first kappa shape index (κ1) is 15.5. The predicted molar refractivity (Wildman–Crippen MR) is 81.8 cm³/mol. The van der Waals surface area contributed by atoms with Gasteiger partial charge in [0.15, 0.2) is 0 Å². The Morgan fingerprint density at radius 3 is 2.37 bits per heavy atom. The van der Waals surface area contributed by atoms with Crippen LogP contribution in [-0.4, -0.2) is 32.6 Å². The summed E-state index contributed by atoms with van der Waals surface area (Å²) in [5.74, 6) is 0.0724. The molecule has 4 nitrogen and oxygen atoms in total. The van der Waals surface area contributed by atoms with Crippen LogP contribution in [0.4, 0.5) is 11.4 Å². The van der Waals surface area contributed by atoms with E-state index in [-0.39, 0.29) is 5.91 Å². The number of hydrogen-bond acceptors (Lipinski definition) is 3. The lowest BCUT2D eigenvalue weighted by Gasteiger charge is -2.13. The van der Waals surface area contributed by atoms with Crippen LogP contribution in [0.1, 0.15) is 26.7 Å². The van der Waals surface area contributed by atoms with Crippen LogP contribution in [0.3, 0.4) is 0 Å². The van der Waals surface area contributed by atoms with Gasteiger partial charge in [0.1, 0.15) is 0 Å². The molecule has 0 atom stereocenters. The number of hydrogen-bond donors (Lipinski definition) is 2. The summed E-state index contributed by atoms with van der Waals surface area (Å²) in [6.07, 6.45) is 1.41. The second-order valence-corrected chi connectivity index (χ2v) is 5.20. The van der Waals surface area contributed by atoms with Gasteiger partial charge in [0.05, 0.1) is 0 Å². The second kappa shape index (κ2) is 7.79. The molecule has 4 heteroatoms. The van der Waals surface area contributed by atoms with E-state index in [2.05, 4.69) is 24.5 Å². The van der Waals surface area contributed by atoms with Crippen molar-refractivity contribution in [2.45, 2.75) is 32.7 Å². The Morgan fingerprint density at radius 2 is 1.84 bits per heavy atom. The zero-order valence-corrected chi connectivity index (χ0v) is 12.4. The minimum atomic E-state index is 0.0724. The number of benzene rings is 1. The molecule has 0 aromatic heterocycles. The molecular weight excluding hydrogens is 238 g/mol. The molecule has 1 amide bonds. The number of nitrogens with one attached hydrogen (secondary N) is 2. The molecule has 0 saturated carbocycles. The summed E-state index contributed by atoms with van der Waals surface area (Å²) in [5, 5.41) is 6.21. The molecule has 1 aromatic rings. The van der Waals surface area contributed by atoms with E-state index in [0.717, 1.165) is 24.3 Å². The summed E-state index contributed by atoms with van der Waals surface area (Å²) in [6.45, 7) is 5.09. The van der Waals surface area contributed by atoms with Crippen molar-refractivity contribution < 1.29 is 4.79 Å². The van der Waals surface area contributed by atoms with Crippen molar-refractivity contribution in [2.24, 2.45) is 0 Å². The van der Waals surface area contributed by atoms with Crippen molar-refractivity contribution in [3.8, 4) is 0 Å². The normalized spacial score (nSPS) is 10.6. The molecule has 0 bridgehead atoms.